The molecule has 0 bridgehead atoms. The van der Waals surface area contributed by atoms with E-state index in [2.05, 4.69) is 54.6 Å². The Balaban J connectivity index is 2.43. The highest BCUT2D eigenvalue weighted by atomic mass is 15.1. The largest absolute Gasteiger partial charge is 0.333 e. The average molecular weight is 238 g/mol. The summed E-state index contributed by atoms with van der Waals surface area (Å²) in [7, 11) is 4.21. The van der Waals surface area contributed by atoms with Gasteiger partial charge in [-0.2, -0.15) is 0 Å². The van der Waals surface area contributed by atoms with Gasteiger partial charge in [0, 0.05) is 24.8 Å². The van der Waals surface area contributed by atoms with Gasteiger partial charge in [0.25, 0.3) is 0 Å². The molecule has 0 unspecified atom stereocenters. The Hall–Kier alpha value is -0.870. The topological polar surface area (TPSA) is 33.1 Å². The van der Waals surface area contributed by atoms with Gasteiger partial charge in [-0.25, -0.2) is 4.98 Å². The lowest BCUT2D eigenvalue weighted by Gasteiger charge is -2.21. The van der Waals surface area contributed by atoms with Gasteiger partial charge in [-0.3, -0.25) is 0 Å². The molecule has 98 valence electrons. The number of hydrogen-bond donors (Lipinski definition) is 1. The number of rotatable bonds is 6. The molecule has 0 aliphatic rings. The molecular weight excluding hydrogens is 212 g/mol. The lowest BCUT2D eigenvalue weighted by atomic mass is 10.1. The van der Waals surface area contributed by atoms with E-state index in [1.165, 1.54) is 5.69 Å². The van der Waals surface area contributed by atoms with Crippen LogP contribution in [0.2, 0.25) is 0 Å². The van der Waals surface area contributed by atoms with Gasteiger partial charge in [-0.15, -0.1) is 0 Å². The second kappa shape index (κ2) is 6.17. The number of imidazole rings is 1. The maximum Gasteiger partial charge on any atom is 0.0948 e. The van der Waals surface area contributed by atoms with Crippen molar-refractivity contribution in [3.05, 3.63) is 18.2 Å². The molecule has 1 heterocycles. The Labute approximate surface area is 105 Å². The van der Waals surface area contributed by atoms with E-state index in [4.69, 9.17) is 0 Å². The molecule has 0 amide bonds. The third-order valence-electron chi connectivity index (χ3n) is 2.60. The Morgan fingerprint density at radius 2 is 2.06 bits per heavy atom. The number of aryl methyl sites for hydroxylation is 1. The zero-order valence-corrected chi connectivity index (χ0v) is 11.8. The summed E-state index contributed by atoms with van der Waals surface area (Å²) in [6.45, 7) is 9.58. The lowest BCUT2D eigenvalue weighted by molar-refractivity contribution is 0.380. The minimum Gasteiger partial charge on any atom is -0.333 e. The normalized spacial score (nSPS) is 12.4. The number of nitrogens with one attached hydrogen (secondary N) is 1. The Morgan fingerprint density at radius 3 is 2.65 bits per heavy atom. The van der Waals surface area contributed by atoms with Crippen LogP contribution < -0.4 is 5.32 Å². The Bertz CT molecular complexity index is 322. The van der Waals surface area contributed by atoms with E-state index in [0.29, 0.717) is 0 Å². The summed E-state index contributed by atoms with van der Waals surface area (Å²) in [5, 5.41) is 3.49. The van der Waals surface area contributed by atoms with Crippen molar-refractivity contribution >= 4 is 0 Å². The first-order valence-corrected chi connectivity index (χ1v) is 6.27. The number of nitrogens with zero attached hydrogens (tertiary/aromatic N) is 3. The van der Waals surface area contributed by atoms with Gasteiger partial charge < -0.3 is 14.8 Å². The third kappa shape index (κ3) is 5.84. The van der Waals surface area contributed by atoms with Crippen LogP contribution in [0.15, 0.2) is 12.5 Å². The molecule has 1 rings (SSSR count). The average Bonchev–Trinajstić information content (AvgIpc) is 2.61. The van der Waals surface area contributed by atoms with Gasteiger partial charge in [0.15, 0.2) is 0 Å². The third-order valence-corrected chi connectivity index (χ3v) is 2.60. The SMILES string of the molecule is CN(C)CCCn1cncc1CNC(C)(C)C. The second-order valence-electron chi connectivity index (χ2n) is 5.84. The quantitative estimate of drug-likeness (QED) is 0.819. The summed E-state index contributed by atoms with van der Waals surface area (Å²) in [6, 6.07) is 0. The van der Waals surface area contributed by atoms with Crippen molar-refractivity contribution in [1.29, 1.82) is 0 Å². The monoisotopic (exact) mass is 238 g/mol. The fourth-order valence-corrected chi connectivity index (χ4v) is 1.61. The molecule has 0 spiro atoms. The van der Waals surface area contributed by atoms with Crippen molar-refractivity contribution < 1.29 is 0 Å². The summed E-state index contributed by atoms with van der Waals surface area (Å²) in [4.78, 5) is 6.44. The van der Waals surface area contributed by atoms with E-state index in [0.717, 1.165) is 26.1 Å². The van der Waals surface area contributed by atoms with E-state index in [-0.39, 0.29) is 5.54 Å². The summed E-state index contributed by atoms with van der Waals surface area (Å²) in [6.07, 6.45) is 5.04. The lowest BCUT2D eigenvalue weighted by Crippen LogP contribution is -2.35. The van der Waals surface area contributed by atoms with Crippen molar-refractivity contribution in [3.63, 3.8) is 0 Å². The standard InChI is InChI=1S/C13H26N4/c1-13(2,3)15-10-12-9-14-11-17(12)8-6-7-16(4)5/h9,11,15H,6-8,10H2,1-5H3. The van der Waals surface area contributed by atoms with Crippen LogP contribution in [0.3, 0.4) is 0 Å². The summed E-state index contributed by atoms with van der Waals surface area (Å²) >= 11 is 0. The van der Waals surface area contributed by atoms with Gasteiger partial charge in [0.2, 0.25) is 0 Å². The molecule has 4 nitrogen and oxygen atoms in total. The van der Waals surface area contributed by atoms with Crippen LogP contribution in [0.5, 0.6) is 0 Å². The molecule has 0 fully saturated rings. The molecule has 0 saturated heterocycles. The van der Waals surface area contributed by atoms with Crippen LogP contribution in [0, 0.1) is 0 Å². The molecule has 0 aliphatic heterocycles. The summed E-state index contributed by atoms with van der Waals surface area (Å²) < 4.78 is 2.24. The van der Waals surface area contributed by atoms with Gasteiger partial charge >= 0.3 is 0 Å². The van der Waals surface area contributed by atoms with Crippen molar-refractivity contribution in [2.45, 2.75) is 45.8 Å². The van der Waals surface area contributed by atoms with Crippen LogP contribution in [0.1, 0.15) is 32.9 Å². The molecule has 0 aliphatic carbocycles. The molecule has 1 aromatic heterocycles. The summed E-state index contributed by atoms with van der Waals surface area (Å²) in [5.41, 5.74) is 1.41. The van der Waals surface area contributed by atoms with Crippen LogP contribution in [-0.2, 0) is 13.1 Å². The Morgan fingerprint density at radius 1 is 1.35 bits per heavy atom. The molecule has 0 saturated carbocycles. The van der Waals surface area contributed by atoms with Crippen LogP contribution in [-0.4, -0.2) is 40.6 Å². The highest BCUT2D eigenvalue weighted by Gasteiger charge is 2.10. The molecule has 17 heavy (non-hydrogen) atoms. The van der Waals surface area contributed by atoms with E-state index >= 15 is 0 Å². The number of hydrogen-bond acceptors (Lipinski definition) is 3. The van der Waals surface area contributed by atoms with E-state index in [9.17, 15) is 0 Å². The molecule has 1 aromatic rings. The highest BCUT2D eigenvalue weighted by Crippen LogP contribution is 2.05. The number of aromatic nitrogens is 2. The van der Waals surface area contributed by atoms with Crippen molar-refractivity contribution in [1.82, 2.24) is 19.8 Å². The molecule has 1 N–H and O–H groups in total. The van der Waals surface area contributed by atoms with Gasteiger partial charge in [0.1, 0.15) is 0 Å². The molecular formula is C13H26N4. The smallest absolute Gasteiger partial charge is 0.0948 e. The van der Waals surface area contributed by atoms with Gasteiger partial charge in [-0.1, -0.05) is 0 Å². The van der Waals surface area contributed by atoms with Crippen LogP contribution in [0.4, 0.5) is 0 Å². The molecule has 4 heteroatoms. The maximum absolute atomic E-state index is 4.23. The van der Waals surface area contributed by atoms with E-state index in [1.54, 1.807) is 0 Å². The second-order valence-corrected chi connectivity index (χ2v) is 5.84. The maximum atomic E-state index is 4.23. The van der Waals surface area contributed by atoms with E-state index in [1.807, 2.05) is 12.5 Å². The summed E-state index contributed by atoms with van der Waals surface area (Å²) in [5.74, 6) is 0. The minimum atomic E-state index is 0.152. The van der Waals surface area contributed by atoms with Gasteiger partial charge in [-0.05, 0) is 47.8 Å². The first-order chi connectivity index (χ1) is 7.88. The fraction of sp³-hybridized carbons (Fsp3) is 0.769. The first kappa shape index (κ1) is 14.2. The van der Waals surface area contributed by atoms with Crippen molar-refractivity contribution in [2.24, 2.45) is 0 Å². The molecule has 0 radical (unpaired) electrons. The zero-order valence-electron chi connectivity index (χ0n) is 11.8. The van der Waals surface area contributed by atoms with Crippen molar-refractivity contribution in [2.75, 3.05) is 20.6 Å². The van der Waals surface area contributed by atoms with E-state index < -0.39 is 0 Å². The minimum absolute atomic E-state index is 0.152. The van der Waals surface area contributed by atoms with Crippen LogP contribution >= 0.6 is 0 Å². The molecule has 0 atom stereocenters. The highest BCUT2D eigenvalue weighted by molar-refractivity contribution is 4.98. The molecule has 0 aromatic carbocycles. The van der Waals surface area contributed by atoms with Gasteiger partial charge in [0.05, 0.1) is 12.0 Å². The predicted octanol–water partition coefficient (Wildman–Crippen LogP) is 1.72. The Kier molecular flexibility index (Phi) is 5.15. The van der Waals surface area contributed by atoms with Crippen molar-refractivity contribution in [3.8, 4) is 0 Å². The predicted molar refractivity (Wildman–Crippen MR) is 72.0 cm³/mol. The fourth-order valence-electron chi connectivity index (χ4n) is 1.61. The van der Waals surface area contributed by atoms with Crippen LogP contribution in [0.25, 0.3) is 0 Å². The first-order valence-electron chi connectivity index (χ1n) is 6.27. The zero-order chi connectivity index (χ0) is 12.9.